The van der Waals surface area contributed by atoms with E-state index < -0.39 is 0 Å². The zero-order chi connectivity index (χ0) is 17.4. The summed E-state index contributed by atoms with van der Waals surface area (Å²) >= 11 is 6.10. The van der Waals surface area contributed by atoms with Crippen LogP contribution in [-0.4, -0.2) is 37.0 Å². The summed E-state index contributed by atoms with van der Waals surface area (Å²) in [5.74, 6) is 0.307. The Morgan fingerprint density at radius 3 is 2.28 bits per heavy atom. The predicted molar refractivity (Wildman–Crippen MR) is 102 cm³/mol. The summed E-state index contributed by atoms with van der Waals surface area (Å²) in [5, 5.41) is 0.757. The number of rotatable bonds is 3. The highest BCUT2D eigenvalue weighted by Crippen LogP contribution is 2.49. The van der Waals surface area contributed by atoms with Gasteiger partial charge in [0, 0.05) is 36.9 Å². The number of hydrogen-bond donors (Lipinski definition) is 0. The lowest BCUT2D eigenvalue weighted by molar-refractivity contribution is -0.134. The zero-order valence-electron chi connectivity index (χ0n) is 14.5. The molecule has 25 heavy (non-hydrogen) atoms. The molecule has 0 unspecified atom stereocenters. The molecule has 0 aromatic heterocycles. The van der Waals surface area contributed by atoms with Gasteiger partial charge in [0.25, 0.3) is 0 Å². The topological polar surface area (TPSA) is 23.6 Å². The Balaban J connectivity index is 1.44. The second-order valence-corrected chi connectivity index (χ2v) is 7.64. The van der Waals surface area contributed by atoms with Crippen molar-refractivity contribution in [3.63, 3.8) is 0 Å². The van der Waals surface area contributed by atoms with Crippen LogP contribution in [0.3, 0.4) is 0 Å². The molecule has 4 rings (SSSR count). The molecule has 1 saturated heterocycles. The highest BCUT2D eigenvalue weighted by Gasteiger charge is 2.53. The summed E-state index contributed by atoms with van der Waals surface area (Å²) in [6.07, 6.45) is 1.95. The summed E-state index contributed by atoms with van der Waals surface area (Å²) in [6.45, 7) is 5.35. The Kier molecular flexibility index (Phi) is 4.20. The van der Waals surface area contributed by atoms with Gasteiger partial charge < -0.3 is 9.80 Å². The predicted octanol–water partition coefficient (Wildman–Crippen LogP) is 4.03. The van der Waals surface area contributed by atoms with Crippen molar-refractivity contribution in [3.8, 4) is 0 Å². The Morgan fingerprint density at radius 1 is 1.00 bits per heavy atom. The van der Waals surface area contributed by atoms with Crippen LogP contribution < -0.4 is 4.90 Å². The summed E-state index contributed by atoms with van der Waals surface area (Å²) in [5.41, 5.74) is 3.30. The Labute approximate surface area is 154 Å². The fourth-order valence-electron chi connectivity index (χ4n) is 3.77. The van der Waals surface area contributed by atoms with Crippen molar-refractivity contribution in [2.45, 2.75) is 25.2 Å². The molecule has 1 aliphatic carbocycles. The largest absolute Gasteiger partial charge is 0.368 e. The van der Waals surface area contributed by atoms with Gasteiger partial charge in [0.2, 0.25) is 5.91 Å². The van der Waals surface area contributed by atoms with Gasteiger partial charge in [0.1, 0.15) is 0 Å². The van der Waals surface area contributed by atoms with E-state index in [-0.39, 0.29) is 5.41 Å². The van der Waals surface area contributed by atoms with Gasteiger partial charge in [-0.15, -0.1) is 0 Å². The van der Waals surface area contributed by atoms with Gasteiger partial charge in [-0.3, -0.25) is 4.79 Å². The molecule has 130 valence electrons. The average molecular weight is 355 g/mol. The molecule has 1 amide bonds. The van der Waals surface area contributed by atoms with E-state index in [2.05, 4.69) is 42.2 Å². The highest BCUT2D eigenvalue weighted by atomic mass is 35.5. The van der Waals surface area contributed by atoms with Gasteiger partial charge in [-0.1, -0.05) is 47.5 Å². The number of carbonyl (C=O) groups excluding carboxylic acids is 1. The van der Waals surface area contributed by atoms with Crippen molar-refractivity contribution in [2.24, 2.45) is 0 Å². The molecular formula is C21H23ClN2O. The average Bonchev–Trinajstić information content (AvgIpc) is 3.44. The first-order valence-electron chi connectivity index (χ1n) is 8.96. The minimum absolute atomic E-state index is 0.258. The van der Waals surface area contributed by atoms with Crippen LogP contribution in [0.25, 0.3) is 0 Å². The van der Waals surface area contributed by atoms with E-state index in [1.54, 1.807) is 0 Å². The number of amides is 1. The molecule has 1 heterocycles. The maximum Gasteiger partial charge on any atom is 0.233 e. The first-order chi connectivity index (χ1) is 12.1. The van der Waals surface area contributed by atoms with Crippen molar-refractivity contribution in [2.75, 3.05) is 31.1 Å². The lowest BCUT2D eigenvalue weighted by atomic mass is 9.93. The summed E-state index contributed by atoms with van der Waals surface area (Å²) < 4.78 is 0. The first kappa shape index (κ1) is 16.5. The smallest absolute Gasteiger partial charge is 0.233 e. The molecule has 0 atom stereocenters. The number of halogens is 1. The molecule has 0 spiro atoms. The lowest BCUT2D eigenvalue weighted by Crippen LogP contribution is -2.51. The molecule has 0 radical (unpaired) electrons. The maximum atomic E-state index is 13.2. The zero-order valence-corrected chi connectivity index (χ0v) is 15.3. The van der Waals surface area contributed by atoms with Crippen LogP contribution in [0.5, 0.6) is 0 Å². The van der Waals surface area contributed by atoms with Gasteiger partial charge in [-0.05, 0) is 43.5 Å². The normalized spacial score (nSPS) is 19.0. The maximum absolute atomic E-state index is 13.2. The summed E-state index contributed by atoms with van der Waals surface area (Å²) in [4.78, 5) is 17.5. The second kappa shape index (κ2) is 6.38. The Bertz CT molecular complexity index is 775. The van der Waals surface area contributed by atoms with Gasteiger partial charge in [0.05, 0.1) is 5.41 Å². The second-order valence-electron chi connectivity index (χ2n) is 7.21. The number of anilines is 1. The minimum atomic E-state index is -0.258. The number of piperazine rings is 1. The number of nitrogens with zero attached hydrogens (tertiary/aromatic N) is 2. The van der Waals surface area contributed by atoms with Crippen LogP contribution in [0.2, 0.25) is 5.02 Å². The molecule has 0 N–H and O–H groups in total. The Morgan fingerprint density at radius 2 is 1.68 bits per heavy atom. The van der Waals surface area contributed by atoms with Crippen LogP contribution in [0.1, 0.15) is 24.0 Å². The van der Waals surface area contributed by atoms with E-state index in [1.807, 2.05) is 23.1 Å². The van der Waals surface area contributed by atoms with Crippen LogP contribution in [0, 0.1) is 6.92 Å². The third-order valence-corrected chi connectivity index (χ3v) is 5.74. The van der Waals surface area contributed by atoms with E-state index in [0.717, 1.165) is 49.7 Å². The minimum Gasteiger partial charge on any atom is -0.368 e. The number of benzene rings is 2. The number of carbonyl (C=O) groups is 1. The fourth-order valence-corrected chi connectivity index (χ4v) is 3.95. The summed E-state index contributed by atoms with van der Waals surface area (Å²) in [7, 11) is 0. The fraction of sp³-hybridized carbons (Fsp3) is 0.381. The van der Waals surface area contributed by atoms with Crippen LogP contribution in [0.15, 0.2) is 48.5 Å². The van der Waals surface area contributed by atoms with Gasteiger partial charge in [0.15, 0.2) is 0 Å². The molecule has 1 saturated carbocycles. The first-order valence-corrected chi connectivity index (χ1v) is 9.33. The molecule has 2 fully saturated rings. The van der Waals surface area contributed by atoms with Crippen molar-refractivity contribution in [3.05, 3.63) is 64.7 Å². The molecule has 0 bridgehead atoms. The standard InChI is InChI=1S/C21H23ClN2O/c1-16-5-7-17(8-6-16)21(9-10-21)20(25)24-13-11-23(12-14-24)19-4-2-3-18(22)15-19/h2-8,15H,9-14H2,1H3. The molecule has 2 aromatic carbocycles. The molecular weight excluding hydrogens is 332 g/mol. The molecule has 2 aromatic rings. The third kappa shape index (κ3) is 3.13. The van der Waals surface area contributed by atoms with Crippen molar-refractivity contribution in [1.82, 2.24) is 4.90 Å². The van der Waals surface area contributed by atoms with Crippen molar-refractivity contribution >= 4 is 23.2 Å². The molecule has 3 nitrogen and oxygen atoms in total. The van der Waals surface area contributed by atoms with E-state index in [1.165, 1.54) is 11.1 Å². The van der Waals surface area contributed by atoms with E-state index in [0.29, 0.717) is 5.91 Å². The SMILES string of the molecule is Cc1ccc(C2(C(=O)N3CCN(c4cccc(Cl)c4)CC3)CC2)cc1. The van der Waals surface area contributed by atoms with Crippen molar-refractivity contribution < 1.29 is 4.79 Å². The van der Waals surface area contributed by atoms with Crippen molar-refractivity contribution in [1.29, 1.82) is 0 Å². The van der Waals surface area contributed by atoms with Crippen LogP contribution in [-0.2, 0) is 10.2 Å². The lowest BCUT2D eigenvalue weighted by Gasteiger charge is -2.38. The monoisotopic (exact) mass is 354 g/mol. The molecule has 1 aliphatic heterocycles. The number of hydrogen-bond acceptors (Lipinski definition) is 2. The molecule has 4 heteroatoms. The van der Waals surface area contributed by atoms with Gasteiger partial charge in [-0.25, -0.2) is 0 Å². The third-order valence-electron chi connectivity index (χ3n) is 5.50. The highest BCUT2D eigenvalue weighted by molar-refractivity contribution is 6.30. The quantitative estimate of drug-likeness (QED) is 0.830. The summed E-state index contributed by atoms with van der Waals surface area (Å²) in [6, 6.07) is 16.4. The van der Waals surface area contributed by atoms with E-state index in [4.69, 9.17) is 11.6 Å². The Hall–Kier alpha value is -2.00. The molecule has 2 aliphatic rings. The number of aryl methyl sites for hydroxylation is 1. The van der Waals surface area contributed by atoms with Gasteiger partial charge >= 0.3 is 0 Å². The van der Waals surface area contributed by atoms with E-state index in [9.17, 15) is 4.79 Å². The van der Waals surface area contributed by atoms with Crippen LogP contribution in [0.4, 0.5) is 5.69 Å². The van der Waals surface area contributed by atoms with Crippen LogP contribution >= 0.6 is 11.6 Å². The van der Waals surface area contributed by atoms with Gasteiger partial charge in [-0.2, -0.15) is 0 Å². The van der Waals surface area contributed by atoms with E-state index >= 15 is 0 Å².